The Bertz CT molecular complexity index is 811. The zero-order valence-electron chi connectivity index (χ0n) is 11.4. The molecule has 0 amide bonds. The van der Waals surface area contributed by atoms with E-state index < -0.39 is 15.5 Å². The highest BCUT2D eigenvalue weighted by molar-refractivity contribution is 7.93. The Morgan fingerprint density at radius 3 is 2.43 bits per heavy atom. The number of alkyl halides is 3. The van der Waals surface area contributed by atoms with Crippen LogP contribution in [-0.2, 0) is 10.0 Å². The van der Waals surface area contributed by atoms with Gasteiger partial charge >= 0.3 is 15.5 Å². The van der Waals surface area contributed by atoms with Crippen molar-refractivity contribution >= 4 is 27.3 Å². The second-order valence-corrected chi connectivity index (χ2v) is 6.39. The molecule has 0 bridgehead atoms. The Morgan fingerprint density at radius 1 is 1.17 bits per heavy atom. The summed E-state index contributed by atoms with van der Waals surface area (Å²) in [6.45, 7) is 1.44. The molecule has 0 unspecified atom stereocenters. The van der Waals surface area contributed by atoms with E-state index in [0.29, 0.717) is 0 Å². The summed E-state index contributed by atoms with van der Waals surface area (Å²) in [6.07, 6.45) is 0. The zero-order valence-corrected chi connectivity index (χ0v) is 13.0. The van der Waals surface area contributed by atoms with Crippen LogP contribution in [0.5, 0.6) is 11.6 Å². The Hall–Kier alpha value is -2.07. The molecule has 0 saturated carbocycles. The van der Waals surface area contributed by atoms with Gasteiger partial charge in [-0.15, -0.1) is 10.2 Å². The number of hydrogen-bond donors (Lipinski definition) is 1. The summed E-state index contributed by atoms with van der Waals surface area (Å²) in [5.41, 5.74) is -5.40. The summed E-state index contributed by atoms with van der Waals surface area (Å²) >= 11 is 5.56. The highest BCUT2D eigenvalue weighted by Gasteiger charge is 2.46. The maximum atomic E-state index is 12.4. The molecule has 0 spiro atoms. The lowest BCUT2D eigenvalue weighted by Gasteiger charge is -2.13. The molecule has 1 aromatic carbocycles. The number of aryl methyl sites for hydroxylation is 1. The fourth-order valence-electron chi connectivity index (χ4n) is 1.46. The summed E-state index contributed by atoms with van der Waals surface area (Å²) in [7, 11) is -5.52. The fourth-order valence-corrected chi connectivity index (χ4v) is 2.18. The van der Waals surface area contributed by atoms with Gasteiger partial charge in [-0.3, -0.25) is 4.72 Å². The Kier molecular flexibility index (Phi) is 4.66. The first-order valence-electron chi connectivity index (χ1n) is 5.95. The van der Waals surface area contributed by atoms with Gasteiger partial charge in [0.15, 0.2) is 5.15 Å². The average Bonchev–Trinajstić information content (AvgIpc) is 2.43. The minimum Gasteiger partial charge on any atom is -0.437 e. The highest BCUT2D eigenvalue weighted by atomic mass is 35.5. The van der Waals surface area contributed by atoms with E-state index in [2.05, 4.69) is 10.2 Å². The molecular formula is C12H9ClF3N3O3S. The van der Waals surface area contributed by atoms with Gasteiger partial charge in [0.1, 0.15) is 5.75 Å². The van der Waals surface area contributed by atoms with Crippen LogP contribution in [0, 0.1) is 6.92 Å². The SMILES string of the molecule is Cc1ccc(Oc2ccc(Cl)nn2)cc1NS(=O)(=O)C(F)(F)F. The van der Waals surface area contributed by atoms with E-state index in [4.69, 9.17) is 16.3 Å². The standard InChI is InChI=1S/C12H9ClF3N3O3S/c1-7-2-3-8(22-11-5-4-10(13)17-18-11)6-9(7)19-23(20,21)12(14,15)16/h2-6,19H,1H3. The molecule has 1 aromatic heterocycles. The van der Waals surface area contributed by atoms with Crippen molar-refractivity contribution in [2.75, 3.05) is 4.72 Å². The largest absolute Gasteiger partial charge is 0.516 e. The van der Waals surface area contributed by atoms with Gasteiger partial charge in [-0.1, -0.05) is 17.7 Å². The lowest BCUT2D eigenvalue weighted by atomic mass is 10.2. The molecule has 0 radical (unpaired) electrons. The molecule has 0 saturated heterocycles. The number of hydrogen-bond acceptors (Lipinski definition) is 5. The molecule has 6 nitrogen and oxygen atoms in total. The number of rotatable bonds is 4. The summed E-state index contributed by atoms with van der Waals surface area (Å²) < 4.78 is 66.4. The fraction of sp³-hybridized carbons (Fsp3) is 0.167. The molecule has 124 valence electrons. The number of aromatic nitrogens is 2. The Morgan fingerprint density at radius 2 is 1.87 bits per heavy atom. The van der Waals surface area contributed by atoms with E-state index in [1.165, 1.54) is 35.9 Å². The van der Waals surface area contributed by atoms with Gasteiger partial charge in [0, 0.05) is 12.1 Å². The molecule has 0 aliphatic rings. The van der Waals surface area contributed by atoms with Gasteiger partial charge in [-0.05, 0) is 24.6 Å². The quantitative estimate of drug-likeness (QED) is 0.894. The minimum absolute atomic E-state index is 0.0443. The van der Waals surface area contributed by atoms with Crippen LogP contribution in [0.15, 0.2) is 30.3 Å². The minimum atomic E-state index is -5.52. The zero-order chi connectivity index (χ0) is 17.3. The van der Waals surface area contributed by atoms with Gasteiger partial charge in [0.05, 0.1) is 5.69 Å². The van der Waals surface area contributed by atoms with Crippen molar-refractivity contribution in [2.45, 2.75) is 12.4 Å². The summed E-state index contributed by atoms with van der Waals surface area (Å²) in [5, 5.41) is 7.29. The van der Waals surface area contributed by atoms with Crippen molar-refractivity contribution in [1.82, 2.24) is 10.2 Å². The number of halogens is 4. The van der Waals surface area contributed by atoms with Crippen LogP contribution in [0.4, 0.5) is 18.9 Å². The summed E-state index contributed by atoms with van der Waals surface area (Å²) in [5.74, 6) is 0.120. The smallest absolute Gasteiger partial charge is 0.437 e. The van der Waals surface area contributed by atoms with Crippen molar-refractivity contribution in [3.05, 3.63) is 41.0 Å². The van der Waals surface area contributed by atoms with Crippen LogP contribution in [0.25, 0.3) is 0 Å². The second-order valence-electron chi connectivity index (χ2n) is 4.32. The summed E-state index contributed by atoms with van der Waals surface area (Å²) in [4.78, 5) is 0. The van der Waals surface area contributed by atoms with Crippen molar-refractivity contribution in [1.29, 1.82) is 0 Å². The molecule has 11 heteroatoms. The molecule has 1 heterocycles. The topological polar surface area (TPSA) is 81.2 Å². The molecule has 23 heavy (non-hydrogen) atoms. The monoisotopic (exact) mass is 367 g/mol. The van der Waals surface area contributed by atoms with Gasteiger partial charge < -0.3 is 4.74 Å². The molecule has 0 fully saturated rings. The normalized spacial score (nSPS) is 12.0. The van der Waals surface area contributed by atoms with Crippen LogP contribution in [0.3, 0.4) is 0 Å². The van der Waals surface area contributed by atoms with E-state index in [-0.39, 0.29) is 28.0 Å². The maximum Gasteiger partial charge on any atom is 0.516 e. The lowest BCUT2D eigenvalue weighted by molar-refractivity contribution is -0.0429. The number of ether oxygens (including phenoxy) is 1. The van der Waals surface area contributed by atoms with E-state index in [1.807, 2.05) is 0 Å². The average molecular weight is 368 g/mol. The maximum absolute atomic E-state index is 12.4. The third-order valence-electron chi connectivity index (χ3n) is 2.59. The van der Waals surface area contributed by atoms with Crippen molar-refractivity contribution in [3.8, 4) is 11.6 Å². The van der Waals surface area contributed by atoms with Gasteiger partial charge in [0.25, 0.3) is 0 Å². The first-order valence-corrected chi connectivity index (χ1v) is 7.81. The second kappa shape index (κ2) is 6.20. The van der Waals surface area contributed by atoms with Crippen molar-refractivity contribution in [2.24, 2.45) is 0 Å². The number of benzene rings is 1. The highest BCUT2D eigenvalue weighted by Crippen LogP contribution is 2.30. The van der Waals surface area contributed by atoms with Crippen LogP contribution >= 0.6 is 11.6 Å². The first-order chi connectivity index (χ1) is 10.6. The third-order valence-corrected chi connectivity index (χ3v) is 3.89. The molecule has 0 aliphatic carbocycles. The Labute approximate surface area is 134 Å². The Balaban J connectivity index is 2.27. The van der Waals surface area contributed by atoms with E-state index in [1.54, 1.807) is 0 Å². The predicted molar refractivity (Wildman–Crippen MR) is 76.9 cm³/mol. The molecule has 2 aromatic rings. The lowest BCUT2D eigenvalue weighted by Crippen LogP contribution is -2.30. The van der Waals surface area contributed by atoms with Gasteiger partial charge in [-0.2, -0.15) is 21.6 Å². The van der Waals surface area contributed by atoms with Crippen LogP contribution in [0.1, 0.15) is 5.56 Å². The number of sulfonamides is 1. The molecule has 0 atom stereocenters. The third kappa shape index (κ3) is 4.23. The van der Waals surface area contributed by atoms with Gasteiger partial charge in [0.2, 0.25) is 5.88 Å². The number of anilines is 1. The summed E-state index contributed by atoms with van der Waals surface area (Å²) in [6, 6.07) is 6.75. The van der Waals surface area contributed by atoms with E-state index in [0.717, 1.165) is 6.07 Å². The van der Waals surface area contributed by atoms with E-state index in [9.17, 15) is 21.6 Å². The van der Waals surface area contributed by atoms with Crippen LogP contribution < -0.4 is 9.46 Å². The van der Waals surface area contributed by atoms with Crippen molar-refractivity contribution in [3.63, 3.8) is 0 Å². The van der Waals surface area contributed by atoms with Crippen LogP contribution in [-0.4, -0.2) is 24.1 Å². The van der Waals surface area contributed by atoms with Gasteiger partial charge in [-0.25, -0.2) is 0 Å². The van der Waals surface area contributed by atoms with E-state index >= 15 is 0 Å². The molecule has 1 N–H and O–H groups in total. The molecule has 0 aliphatic heterocycles. The molecular weight excluding hydrogens is 359 g/mol. The first kappa shape index (κ1) is 17.3. The predicted octanol–water partition coefficient (Wildman–Crippen LogP) is 3.49. The number of nitrogens with zero attached hydrogens (tertiary/aromatic N) is 2. The van der Waals surface area contributed by atoms with Crippen LogP contribution in [0.2, 0.25) is 5.15 Å². The number of nitrogens with one attached hydrogen (secondary N) is 1. The van der Waals surface area contributed by atoms with Crippen molar-refractivity contribution < 1.29 is 26.3 Å². The molecule has 2 rings (SSSR count).